The Morgan fingerprint density at radius 1 is 1.48 bits per heavy atom. The van der Waals surface area contributed by atoms with Crippen LogP contribution in [0.1, 0.15) is 24.7 Å². The molecule has 8 heteroatoms. The molecule has 110 valence electrons. The van der Waals surface area contributed by atoms with Crippen molar-refractivity contribution in [3.8, 4) is 5.69 Å². The summed E-state index contributed by atoms with van der Waals surface area (Å²) in [6.07, 6.45) is 2.05. The van der Waals surface area contributed by atoms with E-state index in [1.165, 1.54) is 4.80 Å². The highest BCUT2D eigenvalue weighted by molar-refractivity contribution is 7.80. The first kappa shape index (κ1) is 13.7. The smallest absolute Gasteiger partial charge is 0.197 e. The fraction of sp³-hybridized carbons (Fsp3) is 0.385. The average Bonchev–Trinajstić information content (AvgIpc) is 3.15. The van der Waals surface area contributed by atoms with Gasteiger partial charge in [-0.25, -0.2) is 0 Å². The predicted octanol–water partition coefficient (Wildman–Crippen LogP) is 0.886. The van der Waals surface area contributed by atoms with Crippen LogP contribution in [0.25, 0.3) is 5.69 Å². The summed E-state index contributed by atoms with van der Waals surface area (Å²) in [4.78, 5) is 3.61. The monoisotopic (exact) mass is 303 g/mol. The third-order valence-corrected chi connectivity index (χ3v) is 3.99. The van der Waals surface area contributed by atoms with Gasteiger partial charge in [-0.15, -0.1) is 15.0 Å². The van der Waals surface area contributed by atoms with Crippen molar-refractivity contribution < 1.29 is 0 Å². The molecule has 3 N–H and O–H groups in total. The predicted molar refractivity (Wildman–Crippen MR) is 83.9 cm³/mol. The van der Waals surface area contributed by atoms with E-state index >= 15 is 0 Å². The Kier molecular flexibility index (Phi) is 3.70. The first-order valence-corrected chi connectivity index (χ1v) is 7.24. The first-order chi connectivity index (χ1) is 10.2. The number of nitrogen functional groups attached to an aromatic ring is 1. The molecule has 1 aliphatic heterocycles. The third-order valence-electron chi connectivity index (χ3n) is 3.56. The molecule has 1 atom stereocenters. The van der Waals surface area contributed by atoms with E-state index in [4.69, 9.17) is 18.0 Å². The van der Waals surface area contributed by atoms with E-state index in [0.717, 1.165) is 30.2 Å². The summed E-state index contributed by atoms with van der Waals surface area (Å²) in [5, 5.41) is 16.5. The zero-order valence-corrected chi connectivity index (χ0v) is 12.5. The molecular formula is C13H17N7S. The quantitative estimate of drug-likeness (QED) is 0.629. The molecule has 1 fully saturated rings. The van der Waals surface area contributed by atoms with Crippen LogP contribution >= 0.6 is 12.2 Å². The molecule has 1 aliphatic rings. The second kappa shape index (κ2) is 5.65. The molecule has 0 bridgehead atoms. The topological polar surface area (TPSA) is 84.9 Å². The molecule has 1 aromatic heterocycles. The minimum atomic E-state index is 0.0831. The van der Waals surface area contributed by atoms with Gasteiger partial charge in [0.15, 0.2) is 10.9 Å². The van der Waals surface area contributed by atoms with Crippen LogP contribution in [0.4, 0.5) is 5.69 Å². The van der Waals surface area contributed by atoms with Gasteiger partial charge in [0.1, 0.15) is 0 Å². The molecule has 0 aliphatic carbocycles. The Morgan fingerprint density at radius 3 is 3.10 bits per heavy atom. The summed E-state index contributed by atoms with van der Waals surface area (Å²) < 4.78 is 0. The molecule has 1 aromatic carbocycles. The Labute approximate surface area is 128 Å². The van der Waals surface area contributed by atoms with E-state index < -0.39 is 0 Å². The fourth-order valence-electron chi connectivity index (χ4n) is 2.54. The maximum atomic E-state index is 5.78. The Hall–Kier alpha value is -2.22. The number of hydrogen-bond acceptors (Lipinski definition) is 5. The molecule has 0 radical (unpaired) electrons. The molecule has 21 heavy (non-hydrogen) atoms. The Morgan fingerprint density at radius 2 is 2.33 bits per heavy atom. The number of nitrogens with two attached hydrogens (primary N) is 1. The lowest BCUT2D eigenvalue weighted by molar-refractivity contribution is 0.380. The van der Waals surface area contributed by atoms with Crippen LogP contribution in [0.2, 0.25) is 0 Å². The average molecular weight is 303 g/mol. The number of tetrazole rings is 1. The molecule has 7 nitrogen and oxygen atoms in total. The molecule has 0 amide bonds. The maximum absolute atomic E-state index is 5.78. The summed E-state index contributed by atoms with van der Waals surface area (Å²) in [6, 6.07) is 7.49. The lowest BCUT2D eigenvalue weighted by atomic mass is 10.2. The van der Waals surface area contributed by atoms with Crippen LogP contribution in [-0.4, -0.2) is 43.8 Å². The van der Waals surface area contributed by atoms with Gasteiger partial charge in [-0.2, -0.15) is 0 Å². The van der Waals surface area contributed by atoms with Gasteiger partial charge >= 0.3 is 0 Å². The number of rotatable bonds is 2. The van der Waals surface area contributed by atoms with Crippen LogP contribution in [0, 0.1) is 0 Å². The number of nitrogens with one attached hydrogen (secondary N) is 1. The van der Waals surface area contributed by atoms with Gasteiger partial charge in [0, 0.05) is 19.3 Å². The first-order valence-electron chi connectivity index (χ1n) is 6.83. The van der Waals surface area contributed by atoms with E-state index in [1.807, 2.05) is 31.3 Å². The van der Waals surface area contributed by atoms with E-state index in [9.17, 15) is 0 Å². The molecule has 0 unspecified atom stereocenters. The number of nitrogens with zero attached hydrogens (tertiary/aromatic N) is 5. The second-order valence-corrected chi connectivity index (χ2v) is 5.33. The number of hydrogen-bond donors (Lipinski definition) is 2. The number of thiocarbonyl (C=S) groups is 1. The van der Waals surface area contributed by atoms with Crippen molar-refractivity contribution in [2.24, 2.45) is 0 Å². The van der Waals surface area contributed by atoms with E-state index in [2.05, 4.69) is 25.6 Å². The highest BCUT2D eigenvalue weighted by atomic mass is 32.1. The largest absolute Gasteiger partial charge is 0.399 e. The summed E-state index contributed by atoms with van der Waals surface area (Å²) in [7, 11) is 1.83. The second-order valence-electron chi connectivity index (χ2n) is 4.94. The van der Waals surface area contributed by atoms with Gasteiger partial charge in [-0.3, -0.25) is 0 Å². The summed E-state index contributed by atoms with van der Waals surface area (Å²) in [6.45, 7) is 0.914. The number of aromatic nitrogens is 4. The third kappa shape index (κ3) is 2.66. The zero-order chi connectivity index (χ0) is 14.8. The summed E-state index contributed by atoms with van der Waals surface area (Å²) >= 11 is 5.32. The summed E-state index contributed by atoms with van der Waals surface area (Å²) in [5.74, 6) is 0.688. The standard InChI is InChI=1S/C13H17N7S/c1-15-13(21)19-7-3-6-11(19)12-16-18-20(17-12)10-5-2-4-9(14)8-10/h2,4-5,8,11H,3,6-7,14H2,1H3,(H,15,21)/t11-/m1/s1. The summed E-state index contributed by atoms with van der Waals surface area (Å²) in [5.41, 5.74) is 7.25. The highest BCUT2D eigenvalue weighted by Gasteiger charge is 2.31. The lowest BCUT2D eigenvalue weighted by Crippen LogP contribution is -2.37. The SMILES string of the molecule is CNC(=S)N1CCC[C@@H]1c1nnn(-c2cccc(N)c2)n1. The van der Waals surface area contributed by atoms with Crippen molar-refractivity contribution in [1.82, 2.24) is 30.4 Å². The molecule has 3 rings (SSSR count). The molecule has 2 heterocycles. The molecule has 2 aromatic rings. The van der Waals surface area contributed by atoms with Crippen LogP contribution in [-0.2, 0) is 0 Å². The fourth-order valence-corrected chi connectivity index (χ4v) is 2.76. The van der Waals surface area contributed by atoms with Gasteiger partial charge in [-0.05, 0) is 48.5 Å². The minimum Gasteiger partial charge on any atom is -0.399 e. The zero-order valence-electron chi connectivity index (χ0n) is 11.7. The molecule has 0 saturated carbocycles. The normalized spacial score (nSPS) is 18.0. The molecular weight excluding hydrogens is 286 g/mol. The van der Waals surface area contributed by atoms with Gasteiger partial charge in [0.2, 0.25) is 0 Å². The van der Waals surface area contributed by atoms with E-state index in [0.29, 0.717) is 11.5 Å². The van der Waals surface area contributed by atoms with Crippen molar-refractivity contribution in [3.63, 3.8) is 0 Å². The van der Waals surface area contributed by atoms with Crippen molar-refractivity contribution in [1.29, 1.82) is 0 Å². The Bertz CT molecular complexity index is 653. The number of likely N-dealkylation sites (tertiary alicyclic amines) is 1. The van der Waals surface area contributed by atoms with E-state index in [1.54, 1.807) is 0 Å². The minimum absolute atomic E-state index is 0.0831. The highest BCUT2D eigenvalue weighted by Crippen LogP contribution is 2.29. The van der Waals surface area contributed by atoms with Crippen LogP contribution < -0.4 is 11.1 Å². The van der Waals surface area contributed by atoms with Crippen molar-refractivity contribution >= 4 is 23.0 Å². The van der Waals surface area contributed by atoms with Gasteiger partial charge in [0.05, 0.1) is 11.7 Å². The number of anilines is 1. The maximum Gasteiger partial charge on any atom is 0.197 e. The number of benzene rings is 1. The lowest BCUT2D eigenvalue weighted by Gasteiger charge is -2.24. The van der Waals surface area contributed by atoms with Crippen molar-refractivity contribution in [2.75, 3.05) is 19.3 Å². The van der Waals surface area contributed by atoms with Gasteiger partial charge in [-0.1, -0.05) is 6.07 Å². The Balaban J connectivity index is 1.86. The van der Waals surface area contributed by atoms with Gasteiger partial charge < -0.3 is 16.0 Å². The van der Waals surface area contributed by atoms with Crippen LogP contribution in [0.15, 0.2) is 24.3 Å². The molecule has 1 saturated heterocycles. The molecule has 0 spiro atoms. The van der Waals surface area contributed by atoms with Crippen LogP contribution in [0.5, 0.6) is 0 Å². The van der Waals surface area contributed by atoms with Crippen molar-refractivity contribution in [2.45, 2.75) is 18.9 Å². The van der Waals surface area contributed by atoms with Crippen LogP contribution in [0.3, 0.4) is 0 Å². The van der Waals surface area contributed by atoms with Gasteiger partial charge in [0.25, 0.3) is 0 Å². The van der Waals surface area contributed by atoms with E-state index in [-0.39, 0.29) is 6.04 Å². The van der Waals surface area contributed by atoms with Crippen molar-refractivity contribution in [3.05, 3.63) is 30.1 Å².